The zero-order valence-corrected chi connectivity index (χ0v) is 38.5. The minimum Gasteiger partial charge on any atom is -0.345 e. The highest BCUT2D eigenvalue weighted by Gasteiger charge is 2.85. The number of piperidine rings is 1. The number of carbonyl (C=O) groups excluding carboxylic acids is 5. The quantitative estimate of drug-likeness (QED) is 0.164. The number of likely N-dealkylation sites (tertiary alicyclic amines) is 2. The van der Waals surface area contributed by atoms with Crippen LogP contribution >= 0.6 is 0 Å². The molecule has 12 nitrogen and oxygen atoms in total. The number of hydrogen-bond donors (Lipinski definition) is 2. The Hall–Kier alpha value is -2.64. The number of nitrogens with one attached hydrogen (secondary N) is 2. The summed E-state index contributed by atoms with van der Waals surface area (Å²) in [5, 5.41) is 3.25. The molecule has 4 saturated carbocycles. The summed E-state index contributed by atoms with van der Waals surface area (Å²) >= 11 is 0. The molecule has 332 valence electrons. The van der Waals surface area contributed by atoms with Crippen LogP contribution in [0.3, 0.4) is 0 Å². The van der Waals surface area contributed by atoms with Crippen molar-refractivity contribution in [1.82, 2.24) is 24.1 Å². The van der Waals surface area contributed by atoms with E-state index in [-0.39, 0.29) is 89.5 Å². The van der Waals surface area contributed by atoms with Gasteiger partial charge >= 0.3 is 10.2 Å². The first-order chi connectivity index (χ1) is 27.6. The van der Waals surface area contributed by atoms with Crippen LogP contribution in [0.1, 0.15) is 152 Å². The highest BCUT2D eigenvalue weighted by Crippen LogP contribution is 2.88. The van der Waals surface area contributed by atoms with Crippen LogP contribution in [-0.2, 0) is 34.2 Å². The number of carbonyl (C=O) groups is 5. The van der Waals surface area contributed by atoms with Gasteiger partial charge in [0.2, 0.25) is 17.7 Å². The van der Waals surface area contributed by atoms with Gasteiger partial charge in [-0.25, -0.2) is 4.72 Å². The van der Waals surface area contributed by atoms with E-state index in [1.807, 2.05) is 20.8 Å². The first kappa shape index (κ1) is 45.9. The molecule has 6 fully saturated rings. The number of Topliss-reactive ketones (excluding diaryl/α,β-unsaturated/α-hetero) is 2. The average Bonchev–Trinajstić information content (AvgIpc) is 3.62. The average molecular weight is 842 g/mol. The second kappa shape index (κ2) is 16.6. The van der Waals surface area contributed by atoms with Crippen molar-refractivity contribution in [3.8, 4) is 0 Å². The van der Waals surface area contributed by atoms with Gasteiger partial charge in [-0.3, -0.25) is 28.9 Å². The molecule has 0 bridgehead atoms. The van der Waals surface area contributed by atoms with E-state index in [0.29, 0.717) is 19.4 Å². The van der Waals surface area contributed by atoms with Gasteiger partial charge in [-0.2, -0.15) is 12.7 Å². The molecule has 2 spiro atoms. The molecule has 2 N–H and O–H groups in total. The van der Waals surface area contributed by atoms with Crippen LogP contribution < -0.4 is 10.0 Å². The summed E-state index contributed by atoms with van der Waals surface area (Å²) in [6.07, 6.45) is 11.8. The Morgan fingerprint density at radius 1 is 0.898 bits per heavy atom. The molecule has 0 unspecified atom stereocenters. The number of allylic oxidation sites excluding steroid dienone is 1. The van der Waals surface area contributed by atoms with Crippen LogP contribution in [0.15, 0.2) is 12.7 Å². The van der Waals surface area contributed by atoms with E-state index in [9.17, 15) is 27.6 Å². The van der Waals surface area contributed by atoms with Crippen molar-refractivity contribution < 1.29 is 32.4 Å². The molecule has 0 aromatic rings. The summed E-state index contributed by atoms with van der Waals surface area (Å²) < 4.78 is 29.8. The number of hydrogen-bond acceptors (Lipinski definition) is 8. The van der Waals surface area contributed by atoms with Gasteiger partial charge in [0, 0.05) is 49.9 Å². The molecule has 59 heavy (non-hydrogen) atoms. The van der Waals surface area contributed by atoms with Crippen molar-refractivity contribution in [3.63, 3.8) is 0 Å². The Morgan fingerprint density at radius 2 is 1.53 bits per heavy atom. The Morgan fingerprint density at radius 3 is 2.03 bits per heavy atom. The molecular weight excluding hydrogens is 767 g/mol. The molecule has 6 rings (SSSR count). The normalized spacial score (nSPS) is 31.2. The SMILES string of the molecule is C=C[C@@H]1C[C@]1(CC(=O)[C@@H]1C[C@@]2(CN1C(=O)[C@@H](CC(=O)[C@@H](NC(=O)[C@@H]1CCCCN1C(C)C)C1CCCC1)C(C)(C)C)C(C)(C)C21CCC1)C(=O)NS(=O)(=O)N(CC)CC. The molecular formula is C46H75N5O7S. The zero-order valence-electron chi connectivity index (χ0n) is 37.7. The maximum absolute atomic E-state index is 15.3. The summed E-state index contributed by atoms with van der Waals surface area (Å²) in [6, 6.07) is -1.57. The van der Waals surface area contributed by atoms with Crippen molar-refractivity contribution in [1.29, 1.82) is 0 Å². The third-order valence-electron chi connectivity index (χ3n) is 16.9. The lowest BCUT2D eigenvalue weighted by Gasteiger charge is -2.39. The Labute approximate surface area is 355 Å². The first-order valence-corrected chi connectivity index (χ1v) is 24.4. The predicted octanol–water partition coefficient (Wildman–Crippen LogP) is 6.20. The van der Waals surface area contributed by atoms with Crippen LogP contribution in [0.4, 0.5) is 0 Å². The molecule has 0 aromatic carbocycles. The van der Waals surface area contributed by atoms with E-state index >= 15 is 4.79 Å². The lowest BCUT2D eigenvalue weighted by atomic mass is 9.73. The monoisotopic (exact) mass is 842 g/mol. The number of fused-ring (bicyclic) bond motifs is 1. The van der Waals surface area contributed by atoms with Gasteiger partial charge in [0.1, 0.15) is 0 Å². The fourth-order valence-electron chi connectivity index (χ4n) is 12.7. The van der Waals surface area contributed by atoms with E-state index in [2.05, 4.69) is 49.2 Å². The number of nitrogens with zero attached hydrogens (tertiary/aromatic N) is 3. The summed E-state index contributed by atoms with van der Waals surface area (Å²) in [6.45, 7) is 23.6. The van der Waals surface area contributed by atoms with Crippen LogP contribution in [0.2, 0.25) is 0 Å². The molecule has 2 aliphatic heterocycles. The highest BCUT2D eigenvalue weighted by molar-refractivity contribution is 7.87. The molecule has 2 heterocycles. The lowest BCUT2D eigenvalue weighted by Crippen LogP contribution is -2.57. The molecule has 3 amide bonds. The Bertz CT molecular complexity index is 1770. The fraction of sp³-hybridized carbons (Fsp3) is 0.848. The van der Waals surface area contributed by atoms with E-state index in [1.54, 1.807) is 24.8 Å². The highest BCUT2D eigenvalue weighted by atomic mass is 32.2. The summed E-state index contributed by atoms with van der Waals surface area (Å²) in [4.78, 5) is 76.9. The minimum absolute atomic E-state index is 0.0117. The van der Waals surface area contributed by atoms with Crippen LogP contribution in [-0.4, -0.2) is 102 Å². The van der Waals surface area contributed by atoms with Gasteiger partial charge in [0.05, 0.1) is 23.5 Å². The molecule has 0 aromatic heterocycles. The topological polar surface area (TPSA) is 153 Å². The molecule has 2 saturated heterocycles. The van der Waals surface area contributed by atoms with Gasteiger partial charge in [0.25, 0.3) is 0 Å². The van der Waals surface area contributed by atoms with E-state index in [0.717, 1.165) is 70.8 Å². The van der Waals surface area contributed by atoms with Gasteiger partial charge < -0.3 is 10.2 Å². The maximum atomic E-state index is 15.3. The second-order valence-electron chi connectivity index (χ2n) is 21.2. The van der Waals surface area contributed by atoms with Crippen LogP contribution in [0.25, 0.3) is 0 Å². The molecule has 13 heteroatoms. The Balaban J connectivity index is 1.28. The van der Waals surface area contributed by atoms with E-state index in [4.69, 9.17) is 0 Å². The predicted molar refractivity (Wildman–Crippen MR) is 229 cm³/mol. The largest absolute Gasteiger partial charge is 0.345 e. The smallest absolute Gasteiger partial charge is 0.303 e. The lowest BCUT2D eigenvalue weighted by molar-refractivity contribution is -0.147. The minimum atomic E-state index is -4.12. The molecule has 6 aliphatic rings. The number of amides is 3. The van der Waals surface area contributed by atoms with Crippen molar-refractivity contribution >= 4 is 39.5 Å². The maximum Gasteiger partial charge on any atom is 0.303 e. The van der Waals surface area contributed by atoms with Crippen LogP contribution in [0.5, 0.6) is 0 Å². The van der Waals surface area contributed by atoms with Crippen molar-refractivity contribution in [2.24, 2.45) is 44.8 Å². The summed E-state index contributed by atoms with van der Waals surface area (Å²) in [7, 11) is -4.12. The van der Waals surface area contributed by atoms with Crippen molar-refractivity contribution in [2.75, 3.05) is 26.2 Å². The third-order valence-corrected chi connectivity index (χ3v) is 18.5. The van der Waals surface area contributed by atoms with Gasteiger partial charge in [0.15, 0.2) is 11.6 Å². The molecule has 4 aliphatic carbocycles. The summed E-state index contributed by atoms with van der Waals surface area (Å²) in [5.41, 5.74) is -2.26. The fourth-order valence-corrected chi connectivity index (χ4v) is 14.0. The molecule has 7 atom stereocenters. The zero-order chi connectivity index (χ0) is 43.5. The first-order valence-electron chi connectivity index (χ1n) is 22.9. The van der Waals surface area contributed by atoms with Gasteiger partial charge in [-0.15, -0.1) is 6.58 Å². The standard InChI is InChI=1S/C46H75N5O7S/c1-11-32-26-44(32,41(56)48-59(57,58)49(12-2)13-3)28-37(53)35-27-46(43(9,10)45(46)22-18-23-45)29-51(35)40(55)33(42(6,7)8)25-36(52)38(31-19-14-15-20-31)47-39(54)34-21-16-17-24-50(34)30(4)5/h11,30-35,38H,1,12-29H2,2-10H3,(H,47,54)(H,48,56)/t32-,33-,34+,35+,38+,44-,46-/m1/s1. The van der Waals surface area contributed by atoms with Crippen LogP contribution in [0, 0.1) is 44.8 Å². The number of rotatable bonds is 17. The van der Waals surface area contributed by atoms with Crippen molar-refractivity contribution in [3.05, 3.63) is 12.7 Å². The van der Waals surface area contributed by atoms with E-state index in [1.165, 1.54) is 4.31 Å². The van der Waals surface area contributed by atoms with Crippen molar-refractivity contribution in [2.45, 2.75) is 176 Å². The van der Waals surface area contributed by atoms with Gasteiger partial charge in [-0.1, -0.05) is 80.2 Å². The number of ketones is 2. The molecule has 0 radical (unpaired) electrons. The second-order valence-corrected chi connectivity index (χ2v) is 22.8. The summed E-state index contributed by atoms with van der Waals surface area (Å²) in [5.74, 6) is -2.52. The van der Waals surface area contributed by atoms with Gasteiger partial charge in [-0.05, 0) is 99.8 Å². The van der Waals surface area contributed by atoms with E-state index < -0.39 is 44.9 Å². The Kier molecular flexibility index (Phi) is 12.9. The third kappa shape index (κ3) is 7.89.